The molecule has 2 aliphatic carbocycles. The molecular weight excluding hydrogens is 442 g/mol. The lowest BCUT2D eigenvalue weighted by molar-refractivity contribution is -0.172. The molecule has 4 atom stereocenters. The van der Waals surface area contributed by atoms with Crippen LogP contribution in [0.15, 0.2) is 24.8 Å². The maximum Gasteiger partial charge on any atom is 0.270 e. The average molecular weight is 478 g/mol. The Labute approximate surface area is 206 Å². The van der Waals surface area contributed by atoms with E-state index >= 15 is 0 Å². The van der Waals surface area contributed by atoms with Gasteiger partial charge in [0.25, 0.3) is 5.91 Å². The molecule has 2 aromatic rings. The number of ether oxygens (including phenoxy) is 1. The first-order chi connectivity index (χ1) is 16.8. The van der Waals surface area contributed by atoms with Gasteiger partial charge < -0.3 is 24.8 Å². The number of carbonyl (C=O) groups excluding carboxylic acids is 1. The molecule has 4 unspecified atom stereocenters. The second-order valence-corrected chi connectivity index (χ2v) is 10.6. The van der Waals surface area contributed by atoms with Gasteiger partial charge >= 0.3 is 0 Å². The Hall–Kier alpha value is -2.77. The molecule has 2 bridgehead atoms. The van der Waals surface area contributed by atoms with E-state index in [9.17, 15) is 15.0 Å². The Morgan fingerprint density at radius 2 is 2.14 bits per heavy atom. The summed E-state index contributed by atoms with van der Waals surface area (Å²) in [5.41, 5.74) is 3.72. The highest BCUT2D eigenvalue weighted by Gasteiger charge is 2.72. The van der Waals surface area contributed by atoms with Crippen molar-refractivity contribution in [3.8, 4) is 11.5 Å². The first kappa shape index (κ1) is 22.7. The van der Waals surface area contributed by atoms with E-state index in [1.165, 1.54) is 0 Å². The van der Waals surface area contributed by atoms with E-state index in [4.69, 9.17) is 4.74 Å². The molecule has 1 amide bonds. The molecule has 1 aromatic carbocycles. The number of H-pyrrole nitrogens is 1. The topological polar surface area (TPSA) is 89.0 Å². The van der Waals surface area contributed by atoms with Crippen LogP contribution in [-0.2, 0) is 18.3 Å². The number of aromatic hydroxyl groups is 1. The molecule has 186 valence electrons. The normalized spacial score (nSPS) is 29.8. The van der Waals surface area contributed by atoms with Gasteiger partial charge in [-0.05, 0) is 69.3 Å². The number of aromatic amines is 1. The zero-order valence-corrected chi connectivity index (χ0v) is 20.9. The lowest BCUT2D eigenvalue weighted by Crippen LogP contribution is -2.74. The van der Waals surface area contributed by atoms with Crippen LogP contribution in [0.4, 0.5) is 0 Å². The summed E-state index contributed by atoms with van der Waals surface area (Å²) in [7, 11) is 0. The summed E-state index contributed by atoms with van der Waals surface area (Å²) in [6.45, 7) is 12.8. The predicted octanol–water partition coefficient (Wildman–Crippen LogP) is 3.38. The fraction of sp³-hybridized carbons (Fsp3) is 0.536. The molecule has 0 radical (unpaired) electrons. The number of carbonyl (C=O) groups is 1. The van der Waals surface area contributed by atoms with Gasteiger partial charge in [-0.25, -0.2) is 0 Å². The van der Waals surface area contributed by atoms with Gasteiger partial charge in [-0.3, -0.25) is 9.69 Å². The van der Waals surface area contributed by atoms with Crippen molar-refractivity contribution in [1.29, 1.82) is 0 Å². The van der Waals surface area contributed by atoms with Gasteiger partial charge in [0.05, 0.1) is 16.7 Å². The maximum absolute atomic E-state index is 13.4. The standard InChI is InChI=1S/C28H35N3O4/c1-5-8-12-31-13-11-27-21-17-9-10-19(32)24(21)35-25(27)23-18(15-28(27,34)20(31)14-17)16(4)22(29-23)26(33)30(6-2)7-3/h5,9-10,20,25,29,32,34H,1,6-8,11-15H2,2-4H3. The number of nitrogens with zero attached hydrogens (tertiary/aromatic N) is 2. The molecule has 3 heterocycles. The van der Waals surface area contributed by atoms with Gasteiger partial charge in [0, 0.05) is 37.7 Å². The van der Waals surface area contributed by atoms with Crippen molar-refractivity contribution in [2.24, 2.45) is 0 Å². The quantitative estimate of drug-likeness (QED) is 0.555. The van der Waals surface area contributed by atoms with E-state index in [2.05, 4.69) is 16.5 Å². The number of aromatic nitrogens is 1. The second kappa shape index (κ2) is 7.61. The number of hydrogen-bond acceptors (Lipinski definition) is 5. The van der Waals surface area contributed by atoms with Crippen LogP contribution >= 0.6 is 0 Å². The molecule has 35 heavy (non-hydrogen) atoms. The Balaban J connectivity index is 1.56. The van der Waals surface area contributed by atoms with Gasteiger partial charge in [-0.15, -0.1) is 6.58 Å². The number of fused-ring (bicyclic) bond motifs is 2. The summed E-state index contributed by atoms with van der Waals surface area (Å²) in [5.74, 6) is 0.594. The van der Waals surface area contributed by atoms with Crippen LogP contribution in [0.2, 0.25) is 0 Å². The highest BCUT2D eigenvalue weighted by Crippen LogP contribution is 2.68. The van der Waals surface area contributed by atoms with E-state index in [-0.39, 0.29) is 17.7 Å². The number of nitrogens with one attached hydrogen (secondary N) is 1. The Morgan fingerprint density at radius 1 is 1.37 bits per heavy atom. The highest BCUT2D eigenvalue weighted by atomic mass is 16.5. The molecule has 1 aromatic heterocycles. The monoisotopic (exact) mass is 477 g/mol. The van der Waals surface area contributed by atoms with Gasteiger partial charge in [0.1, 0.15) is 5.69 Å². The number of aliphatic hydroxyl groups is 1. The number of phenolic OH excluding ortho intramolecular Hbond substituents is 1. The molecule has 7 heteroatoms. The average Bonchev–Trinajstić information content (AvgIpc) is 3.35. The SMILES string of the molecule is C=CCCN1CCC23c4c5ccc(O)c4OC2c2[nH]c(C(=O)N(CC)CC)c(C)c2CC3(O)C1C5. The van der Waals surface area contributed by atoms with Crippen LogP contribution in [0, 0.1) is 6.92 Å². The fourth-order valence-corrected chi connectivity index (χ4v) is 7.60. The van der Waals surface area contributed by atoms with Crippen LogP contribution in [0.25, 0.3) is 0 Å². The van der Waals surface area contributed by atoms with Crippen molar-refractivity contribution >= 4 is 5.91 Å². The molecule has 7 nitrogen and oxygen atoms in total. The van der Waals surface area contributed by atoms with Crippen LogP contribution in [0.1, 0.15) is 71.2 Å². The van der Waals surface area contributed by atoms with E-state index in [0.29, 0.717) is 37.4 Å². The summed E-state index contributed by atoms with van der Waals surface area (Å²) in [6, 6.07) is 3.64. The molecular formula is C28H35N3O4. The molecule has 1 fully saturated rings. The van der Waals surface area contributed by atoms with E-state index in [0.717, 1.165) is 53.9 Å². The first-order valence-corrected chi connectivity index (χ1v) is 12.9. The number of likely N-dealkylation sites (tertiary alicyclic amines) is 1. The number of phenols is 1. The summed E-state index contributed by atoms with van der Waals surface area (Å²) >= 11 is 0. The number of hydrogen-bond donors (Lipinski definition) is 3. The minimum Gasteiger partial charge on any atom is -0.504 e. The van der Waals surface area contributed by atoms with Crippen molar-refractivity contribution in [3.05, 3.63) is 58.4 Å². The Bertz CT molecular complexity index is 1230. The largest absolute Gasteiger partial charge is 0.504 e. The van der Waals surface area contributed by atoms with Gasteiger partial charge in [0.15, 0.2) is 17.6 Å². The maximum atomic E-state index is 13.4. The van der Waals surface area contributed by atoms with E-state index in [1.807, 2.05) is 37.8 Å². The summed E-state index contributed by atoms with van der Waals surface area (Å²) in [6.07, 6.45) is 4.22. The van der Waals surface area contributed by atoms with E-state index in [1.54, 1.807) is 6.07 Å². The molecule has 3 N–H and O–H groups in total. The van der Waals surface area contributed by atoms with Crippen molar-refractivity contribution < 1.29 is 19.7 Å². The van der Waals surface area contributed by atoms with Crippen LogP contribution in [-0.4, -0.2) is 68.7 Å². The fourth-order valence-electron chi connectivity index (χ4n) is 7.60. The lowest BCUT2D eigenvalue weighted by Gasteiger charge is -2.62. The Morgan fingerprint density at radius 3 is 2.86 bits per heavy atom. The van der Waals surface area contributed by atoms with Gasteiger partial charge in [0.2, 0.25) is 0 Å². The smallest absolute Gasteiger partial charge is 0.270 e. The number of rotatable bonds is 6. The molecule has 0 saturated carbocycles. The van der Waals surface area contributed by atoms with Crippen molar-refractivity contribution in [2.45, 2.75) is 69.6 Å². The molecule has 6 rings (SSSR count). The van der Waals surface area contributed by atoms with Crippen LogP contribution in [0.3, 0.4) is 0 Å². The van der Waals surface area contributed by atoms with Crippen molar-refractivity contribution in [3.63, 3.8) is 0 Å². The highest BCUT2D eigenvalue weighted by molar-refractivity contribution is 5.94. The molecule has 1 spiro atoms. The van der Waals surface area contributed by atoms with Gasteiger partial charge in [-0.1, -0.05) is 12.1 Å². The predicted molar refractivity (Wildman–Crippen MR) is 133 cm³/mol. The third-order valence-corrected chi connectivity index (χ3v) is 9.33. The third kappa shape index (κ3) is 2.66. The zero-order chi connectivity index (χ0) is 24.7. The summed E-state index contributed by atoms with van der Waals surface area (Å²) in [5, 5.41) is 23.5. The van der Waals surface area contributed by atoms with E-state index < -0.39 is 17.1 Å². The number of benzene rings is 1. The van der Waals surface area contributed by atoms with Crippen molar-refractivity contribution in [2.75, 3.05) is 26.2 Å². The third-order valence-electron chi connectivity index (χ3n) is 9.33. The van der Waals surface area contributed by atoms with Gasteiger partial charge in [-0.2, -0.15) is 0 Å². The molecule has 4 aliphatic rings. The van der Waals surface area contributed by atoms with Crippen LogP contribution < -0.4 is 4.74 Å². The molecule has 2 aliphatic heterocycles. The van der Waals surface area contributed by atoms with Crippen LogP contribution in [0.5, 0.6) is 11.5 Å². The minimum atomic E-state index is -1.07. The lowest BCUT2D eigenvalue weighted by atomic mass is 9.49. The Kier molecular flexibility index (Phi) is 4.93. The zero-order valence-electron chi connectivity index (χ0n) is 20.9. The summed E-state index contributed by atoms with van der Waals surface area (Å²) in [4.78, 5) is 21.1. The minimum absolute atomic E-state index is 0.0241. The summed E-state index contributed by atoms with van der Waals surface area (Å²) < 4.78 is 6.58. The first-order valence-electron chi connectivity index (χ1n) is 12.9. The second-order valence-electron chi connectivity index (χ2n) is 10.6. The number of amides is 1. The van der Waals surface area contributed by atoms with Crippen molar-refractivity contribution in [1.82, 2.24) is 14.8 Å². The molecule has 1 saturated heterocycles. The number of piperidine rings is 1.